The van der Waals surface area contributed by atoms with Crippen molar-refractivity contribution in [1.82, 2.24) is 39.9 Å². The van der Waals surface area contributed by atoms with Crippen LogP contribution in [0.3, 0.4) is 0 Å². The number of benzene rings is 2. The monoisotopic (exact) mass is 916 g/mol. The van der Waals surface area contributed by atoms with Crippen molar-refractivity contribution < 1.29 is 44.9 Å². The summed E-state index contributed by atoms with van der Waals surface area (Å²) in [5, 5.41) is 2.76. The largest absolute Gasteiger partial charge is 2.00 e. The molecule has 0 saturated carbocycles. The summed E-state index contributed by atoms with van der Waals surface area (Å²) >= 11 is 0. The van der Waals surface area contributed by atoms with Gasteiger partial charge in [-0.05, 0) is 49.9 Å². The van der Waals surface area contributed by atoms with Gasteiger partial charge in [-0.1, -0.05) is 89.8 Å². The third-order valence-corrected chi connectivity index (χ3v) is 12.2. The molecule has 0 N–H and O–H groups in total. The number of pyridine rings is 2. The molecule has 2 aromatic carbocycles. The summed E-state index contributed by atoms with van der Waals surface area (Å²) in [5.41, 5.74) is 6.93. The summed E-state index contributed by atoms with van der Waals surface area (Å²) < 4.78 is 40.0. The van der Waals surface area contributed by atoms with Gasteiger partial charge in [-0.2, -0.15) is 0 Å². The summed E-state index contributed by atoms with van der Waals surface area (Å²) in [6.07, 6.45) is 14.6. The van der Waals surface area contributed by atoms with E-state index < -0.39 is 0 Å². The Balaban J connectivity index is 0.00000498. The molecule has 4 atom stereocenters. The molecule has 0 aliphatic carbocycles. The fourth-order valence-corrected chi connectivity index (χ4v) is 9.15. The fourth-order valence-electron chi connectivity index (χ4n) is 9.15. The van der Waals surface area contributed by atoms with Gasteiger partial charge in [0.2, 0.25) is 0 Å². The molecule has 15 heteroatoms. The van der Waals surface area contributed by atoms with Gasteiger partial charge in [0.05, 0.1) is 49.0 Å². The predicted octanol–water partition coefficient (Wildman–Crippen LogP) is 10.7. The minimum Gasteiger partial charge on any atom is -0.492 e. The van der Waals surface area contributed by atoms with Crippen molar-refractivity contribution in [3.63, 3.8) is 0 Å². The first-order chi connectivity index (χ1) is 31.6. The normalized spacial score (nSPS) is 18.5. The summed E-state index contributed by atoms with van der Waals surface area (Å²) in [7, 11) is 0. The van der Waals surface area contributed by atoms with Gasteiger partial charge < -0.3 is 58.3 Å². The van der Waals surface area contributed by atoms with Gasteiger partial charge in [0.25, 0.3) is 0 Å². The van der Waals surface area contributed by atoms with Crippen LogP contribution in [0.1, 0.15) is 126 Å². The van der Waals surface area contributed by atoms with Crippen molar-refractivity contribution in [2.24, 2.45) is 0 Å². The number of nitrogens with zero attached hydrogens (tertiary/aromatic N) is 8. The second-order valence-electron chi connectivity index (χ2n) is 16.7. The molecule has 11 rings (SSSR count). The molecule has 65 heavy (non-hydrogen) atoms. The van der Waals surface area contributed by atoms with Gasteiger partial charge in [-0.25, -0.2) is 9.97 Å². The molecule has 4 aliphatic rings. The van der Waals surface area contributed by atoms with Crippen molar-refractivity contribution >= 4 is 66.7 Å². The van der Waals surface area contributed by atoms with Crippen LogP contribution in [0.5, 0.6) is 23.0 Å². The third kappa shape index (κ3) is 7.51. The molecule has 0 saturated heterocycles. The first-order valence-electron chi connectivity index (χ1n) is 23.0. The maximum atomic E-state index is 6.75. The van der Waals surface area contributed by atoms with E-state index in [-0.39, 0.29) is 40.9 Å². The average molecular weight is 918 g/mol. The minimum atomic E-state index is -0.288. The Morgan fingerprint density at radius 2 is 0.677 bits per heavy atom. The molecule has 12 bridgehead atoms. The van der Waals surface area contributed by atoms with Gasteiger partial charge in [-0.15, -0.1) is 0 Å². The second kappa shape index (κ2) is 18.2. The molecular formula is C50H50N8NiO6. The Hall–Kier alpha value is -5.89. The van der Waals surface area contributed by atoms with Crippen LogP contribution in [-0.2, 0) is 26.0 Å². The molecule has 7 aromatic rings. The van der Waals surface area contributed by atoms with E-state index in [1.54, 1.807) is 0 Å². The Labute approximate surface area is 385 Å². The van der Waals surface area contributed by atoms with Crippen LogP contribution in [0.2, 0.25) is 0 Å². The van der Waals surface area contributed by atoms with Crippen LogP contribution < -0.4 is 28.9 Å². The van der Waals surface area contributed by atoms with Crippen LogP contribution >= 0.6 is 0 Å². The molecule has 0 fully saturated rings. The molecular weight excluding hydrogens is 867 g/mol. The number of ether oxygens (including phenoxy) is 6. The maximum Gasteiger partial charge on any atom is 2.00 e. The number of fused-ring (bicyclic) bond motifs is 24. The topological polar surface area (TPSA) is 161 Å². The molecule has 9 heterocycles. The van der Waals surface area contributed by atoms with E-state index in [2.05, 4.69) is 52.0 Å². The predicted molar refractivity (Wildman–Crippen MR) is 244 cm³/mol. The molecule has 5 aromatic heterocycles. The third-order valence-electron chi connectivity index (χ3n) is 12.2. The molecule has 14 nitrogen and oxygen atoms in total. The molecule has 0 radical (unpaired) electrons. The Kier molecular flexibility index (Phi) is 12.0. The van der Waals surface area contributed by atoms with E-state index in [1.165, 1.54) is 0 Å². The number of hydrogen-bond acceptors (Lipinski definition) is 12. The van der Waals surface area contributed by atoms with Gasteiger partial charge in [0.15, 0.2) is 0 Å². The van der Waals surface area contributed by atoms with Crippen LogP contribution in [0, 0.1) is 0 Å². The zero-order chi connectivity index (χ0) is 43.3. The second-order valence-corrected chi connectivity index (χ2v) is 16.7. The first-order valence-corrected chi connectivity index (χ1v) is 23.0. The minimum absolute atomic E-state index is 0. The Bertz CT molecular complexity index is 2750. The van der Waals surface area contributed by atoms with E-state index in [0.29, 0.717) is 116 Å². The van der Waals surface area contributed by atoms with Crippen molar-refractivity contribution in [2.75, 3.05) is 26.4 Å². The molecule has 0 spiro atoms. The number of unbranched alkanes of at least 4 members (excludes halogenated alkanes) is 4. The summed E-state index contributed by atoms with van der Waals surface area (Å²) in [6.45, 7) is 10.6. The van der Waals surface area contributed by atoms with Gasteiger partial charge >= 0.3 is 16.5 Å². The van der Waals surface area contributed by atoms with E-state index in [0.717, 1.165) is 73.6 Å². The Morgan fingerprint density at radius 1 is 0.415 bits per heavy atom. The first kappa shape index (κ1) is 43.0. The molecule has 0 amide bonds. The van der Waals surface area contributed by atoms with Crippen LogP contribution in [0.15, 0.2) is 60.7 Å². The van der Waals surface area contributed by atoms with E-state index in [1.807, 2.05) is 36.4 Å². The summed E-state index contributed by atoms with van der Waals surface area (Å²) in [6, 6.07) is 11.1. The van der Waals surface area contributed by atoms with Gasteiger partial charge in [0.1, 0.15) is 47.4 Å². The van der Waals surface area contributed by atoms with Crippen LogP contribution in [0.4, 0.5) is 0 Å². The zero-order valence-electron chi connectivity index (χ0n) is 36.9. The smallest absolute Gasteiger partial charge is 0.492 e. The van der Waals surface area contributed by atoms with Crippen molar-refractivity contribution in [2.45, 2.75) is 103 Å². The maximum absolute atomic E-state index is 6.75. The average Bonchev–Trinajstić information content (AvgIpc) is 4.18. The van der Waals surface area contributed by atoms with E-state index >= 15 is 0 Å². The fraction of sp³-hybridized carbons (Fsp3) is 0.400. The van der Waals surface area contributed by atoms with Gasteiger partial charge in [0, 0.05) is 66.4 Å². The zero-order valence-corrected chi connectivity index (χ0v) is 37.9. The summed E-state index contributed by atoms with van der Waals surface area (Å²) in [4.78, 5) is 41.0. The van der Waals surface area contributed by atoms with Crippen LogP contribution in [0.25, 0.3) is 66.7 Å². The van der Waals surface area contributed by atoms with E-state index in [9.17, 15) is 0 Å². The van der Waals surface area contributed by atoms with Crippen molar-refractivity contribution in [1.29, 1.82) is 0 Å². The summed E-state index contributed by atoms with van der Waals surface area (Å²) in [5.74, 6) is 2.70. The van der Waals surface area contributed by atoms with Crippen LogP contribution in [-0.4, -0.2) is 56.3 Å². The molecule has 336 valence electrons. The number of aromatic nitrogens is 8. The Morgan fingerprint density at radius 3 is 0.923 bits per heavy atom. The number of hydrogen-bond donors (Lipinski definition) is 0. The van der Waals surface area contributed by atoms with Crippen molar-refractivity contribution in [3.05, 3.63) is 83.0 Å². The quantitative estimate of drug-likeness (QED) is 0.0511. The van der Waals surface area contributed by atoms with Crippen molar-refractivity contribution in [3.8, 4) is 23.0 Å². The standard InChI is InChI=1S/C50H50N8O6.Ni/c1-5-9-23-59-43-35-27-19-20-28(63-27)36(35)44(60-24-10-6-2)40-39(43)47-53-31-15-13-17-33(51-31)55-49-41-42(50(58-49)56-34-18-14-16-32(52-34)54-48(40)57-47)46(62-26-12-8-4)38-30-22-21-29(64-30)37(38)45(41)61-25-11-7-3;/h13-22,27-30H,5-12,23-26H2,1-4H3;/q-2;+2/t27-,28+,29-,30+;. The van der Waals surface area contributed by atoms with Gasteiger partial charge in [-0.3, -0.25) is 0 Å². The van der Waals surface area contributed by atoms with E-state index in [4.69, 9.17) is 68.3 Å². The number of rotatable bonds is 16. The molecule has 0 unspecified atom stereocenters. The SMILES string of the molecule is CCCCOc1c2c(c(OCCCC)c3c4nc5cccc(n5)nc5[n-]c(nc6cccc(n6)nc([n-]4)c13)c1c(OCCCC)c3c(c(OCCCC)c51)[C@H]1C=C[C@@H]3O1)[C@H]1C=C[C@@H]2O1.[Ni+2]. The molecule has 4 aliphatic heterocycles.